The second kappa shape index (κ2) is 9.25. The van der Waals surface area contributed by atoms with Crippen LogP contribution < -0.4 is 10.6 Å². The van der Waals surface area contributed by atoms with Gasteiger partial charge < -0.3 is 10.6 Å². The van der Waals surface area contributed by atoms with Gasteiger partial charge in [-0.1, -0.05) is 42.5 Å². The Morgan fingerprint density at radius 2 is 1.62 bits per heavy atom. The standard InChI is InChI=1S/C19H21N3O2/c1-2-13-20-18(23)16-11-6-12-17(22-16)19(24)21-14-7-10-15-8-4-3-5-9-15/h2-6,8-9,11-12H,1,7,10,13-14H2,(H,20,23)(H,21,24). The van der Waals surface area contributed by atoms with Gasteiger partial charge in [-0.05, 0) is 30.5 Å². The van der Waals surface area contributed by atoms with E-state index in [1.54, 1.807) is 24.3 Å². The highest BCUT2D eigenvalue weighted by Gasteiger charge is 2.11. The molecule has 24 heavy (non-hydrogen) atoms. The normalized spacial score (nSPS) is 10.0. The summed E-state index contributed by atoms with van der Waals surface area (Å²) in [5.41, 5.74) is 1.69. The first kappa shape index (κ1) is 17.4. The second-order valence-corrected chi connectivity index (χ2v) is 5.25. The summed E-state index contributed by atoms with van der Waals surface area (Å²) in [4.78, 5) is 28.1. The lowest BCUT2D eigenvalue weighted by Gasteiger charge is -2.07. The third-order valence-electron chi connectivity index (χ3n) is 3.39. The van der Waals surface area contributed by atoms with Crippen LogP contribution in [0.3, 0.4) is 0 Å². The Labute approximate surface area is 141 Å². The van der Waals surface area contributed by atoms with Gasteiger partial charge in [-0.2, -0.15) is 0 Å². The number of aromatic nitrogens is 1. The molecule has 2 rings (SSSR count). The molecule has 0 fully saturated rings. The molecule has 0 bridgehead atoms. The minimum absolute atomic E-state index is 0.216. The van der Waals surface area contributed by atoms with Crippen LogP contribution in [0.15, 0.2) is 61.2 Å². The summed E-state index contributed by atoms with van der Waals surface area (Å²) in [6.45, 7) is 4.45. The number of amides is 2. The van der Waals surface area contributed by atoms with Crippen LogP contribution in [0, 0.1) is 0 Å². The van der Waals surface area contributed by atoms with Crippen molar-refractivity contribution in [1.82, 2.24) is 15.6 Å². The van der Waals surface area contributed by atoms with Crippen LogP contribution in [0.2, 0.25) is 0 Å². The van der Waals surface area contributed by atoms with Gasteiger partial charge in [-0.3, -0.25) is 9.59 Å². The zero-order chi connectivity index (χ0) is 17.2. The smallest absolute Gasteiger partial charge is 0.270 e. The van der Waals surface area contributed by atoms with Crippen LogP contribution in [-0.2, 0) is 6.42 Å². The van der Waals surface area contributed by atoms with Gasteiger partial charge in [0.2, 0.25) is 0 Å². The van der Waals surface area contributed by atoms with Crippen molar-refractivity contribution in [2.24, 2.45) is 0 Å². The third-order valence-corrected chi connectivity index (χ3v) is 3.39. The van der Waals surface area contributed by atoms with Crippen LogP contribution in [0.25, 0.3) is 0 Å². The van der Waals surface area contributed by atoms with Crippen molar-refractivity contribution in [3.63, 3.8) is 0 Å². The number of carbonyl (C=O) groups is 2. The summed E-state index contributed by atoms with van der Waals surface area (Å²) in [6, 6.07) is 14.9. The summed E-state index contributed by atoms with van der Waals surface area (Å²) in [7, 11) is 0. The quantitative estimate of drug-likeness (QED) is 0.579. The molecule has 1 aromatic carbocycles. The number of aryl methyl sites for hydroxylation is 1. The summed E-state index contributed by atoms with van der Waals surface area (Å²) in [6.07, 6.45) is 3.33. The van der Waals surface area contributed by atoms with Crippen molar-refractivity contribution in [3.05, 3.63) is 78.1 Å². The van der Waals surface area contributed by atoms with Gasteiger partial charge in [0.15, 0.2) is 0 Å². The zero-order valence-electron chi connectivity index (χ0n) is 13.5. The monoisotopic (exact) mass is 323 g/mol. The molecule has 2 amide bonds. The molecule has 0 unspecified atom stereocenters. The Balaban J connectivity index is 1.83. The first-order chi connectivity index (χ1) is 11.7. The molecule has 0 atom stereocenters. The lowest BCUT2D eigenvalue weighted by atomic mass is 10.1. The van der Waals surface area contributed by atoms with Gasteiger partial charge >= 0.3 is 0 Å². The average Bonchev–Trinajstić information content (AvgIpc) is 2.64. The van der Waals surface area contributed by atoms with E-state index in [0.717, 1.165) is 12.8 Å². The van der Waals surface area contributed by atoms with E-state index in [9.17, 15) is 9.59 Å². The van der Waals surface area contributed by atoms with Crippen LogP contribution in [0.4, 0.5) is 0 Å². The van der Waals surface area contributed by atoms with Gasteiger partial charge in [0.25, 0.3) is 11.8 Å². The number of hydrogen-bond donors (Lipinski definition) is 2. The zero-order valence-corrected chi connectivity index (χ0v) is 13.5. The molecule has 124 valence electrons. The maximum absolute atomic E-state index is 12.1. The lowest BCUT2D eigenvalue weighted by molar-refractivity contribution is 0.0946. The summed E-state index contributed by atoms with van der Waals surface area (Å²) in [5.74, 6) is -0.602. The predicted molar refractivity (Wildman–Crippen MR) is 93.9 cm³/mol. The molecule has 0 radical (unpaired) electrons. The Morgan fingerprint density at radius 3 is 2.29 bits per heavy atom. The molecule has 2 N–H and O–H groups in total. The van der Waals surface area contributed by atoms with E-state index in [-0.39, 0.29) is 23.2 Å². The first-order valence-corrected chi connectivity index (χ1v) is 7.89. The molecule has 0 aliphatic carbocycles. The fraction of sp³-hybridized carbons (Fsp3) is 0.211. The van der Waals surface area contributed by atoms with Gasteiger partial charge in [0, 0.05) is 13.1 Å². The number of nitrogens with zero attached hydrogens (tertiary/aromatic N) is 1. The fourth-order valence-corrected chi connectivity index (χ4v) is 2.17. The second-order valence-electron chi connectivity index (χ2n) is 5.25. The van der Waals surface area contributed by atoms with Crippen LogP contribution in [0.5, 0.6) is 0 Å². The van der Waals surface area contributed by atoms with Crippen molar-refractivity contribution in [1.29, 1.82) is 0 Å². The molecule has 5 nitrogen and oxygen atoms in total. The Bertz CT molecular complexity index is 699. The molecule has 0 aliphatic heterocycles. The number of carbonyl (C=O) groups excluding carboxylic acids is 2. The third kappa shape index (κ3) is 5.35. The maximum Gasteiger partial charge on any atom is 0.270 e. The van der Waals surface area contributed by atoms with E-state index < -0.39 is 0 Å². The Morgan fingerprint density at radius 1 is 0.958 bits per heavy atom. The highest BCUT2D eigenvalue weighted by molar-refractivity contribution is 5.96. The number of hydrogen-bond acceptors (Lipinski definition) is 3. The van der Waals surface area contributed by atoms with Crippen molar-refractivity contribution in [3.8, 4) is 0 Å². The topological polar surface area (TPSA) is 71.1 Å². The van der Waals surface area contributed by atoms with E-state index in [1.165, 1.54) is 5.56 Å². The Hall–Kier alpha value is -2.95. The maximum atomic E-state index is 12.1. The van der Waals surface area contributed by atoms with E-state index in [4.69, 9.17) is 0 Å². The van der Waals surface area contributed by atoms with E-state index in [1.807, 2.05) is 18.2 Å². The van der Waals surface area contributed by atoms with Crippen molar-refractivity contribution < 1.29 is 9.59 Å². The molecule has 1 heterocycles. The first-order valence-electron chi connectivity index (χ1n) is 7.89. The number of benzene rings is 1. The number of rotatable bonds is 8. The lowest BCUT2D eigenvalue weighted by Crippen LogP contribution is -2.28. The Kier molecular flexibility index (Phi) is 6.71. The average molecular weight is 323 g/mol. The fourth-order valence-electron chi connectivity index (χ4n) is 2.17. The molecular formula is C19H21N3O2. The van der Waals surface area contributed by atoms with Gasteiger partial charge in [-0.25, -0.2) is 4.98 Å². The van der Waals surface area contributed by atoms with E-state index >= 15 is 0 Å². The van der Waals surface area contributed by atoms with Crippen molar-refractivity contribution >= 4 is 11.8 Å². The molecule has 0 saturated heterocycles. The highest BCUT2D eigenvalue weighted by atomic mass is 16.2. The highest BCUT2D eigenvalue weighted by Crippen LogP contribution is 2.03. The van der Waals surface area contributed by atoms with Crippen LogP contribution >= 0.6 is 0 Å². The van der Waals surface area contributed by atoms with Crippen LogP contribution in [-0.4, -0.2) is 29.9 Å². The minimum atomic E-state index is -0.325. The van der Waals surface area contributed by atoms with Gasteiger partial charge in [-0.15, -0.1) is 6.58 Å². The number of nitrogens with one attached hydrogen (secondary N) is 2. The number of pyridine rings is 1. The van der Waals surface area contributed by atoms with E-state index in [0.29, 0.717) is 13.1 Å². The molecule has 0 saturated carbocycles. The summed E-state index contributed by atoms with van der Waals surface area (Å²) in [5, 5.41) is 5.46. The molecule has 5 heteroatoms. The van der Waals surface area contributed by atoms with E-state index in [2.05, 4.69) is 34.3 Å². The largest absolute Gasteiger partial charge is 0.351 e. The van der Waals surface area contributed by atoms with Crippen molar-refractivity contribution in [2.75, 3.05) is 13.1 Å². The summed E-state index contributed by atoms with van der Waals surface area (Å²) < 4.78 is 0. The SMILES string of the molecule is C=CCNC(=O)c1cccc(C(=O)NCCCc2ccccc2)n1. The van der Waals surface area contributed by atoms with Gasteiger partial charge in [0.05, 0.1) is 0 Å². The summed E-state index contributed by atoms with van der Waals surface area (Å²) >= 11 is 0. The molecule has 2 aromatic rings. The minimum Gasteiger partial charge on any atom is -0.351 e. The predicted octanol–water partition coefficient (Wildman–Crippen LogP) is 2.36. The van der Waals surface area contributed by atoms with Gasteiger partial charge in [0.1, 0.15) is 11.4 Å². The molecular weight excluding hydrogens is 302 g/mol. The van der Waals surface area contributed by atoms with Crippen molar-refractivity contribution in [2.45, 2.75) is 12.8 Å². The molecule has 0 aliphatic rings. The molecule has 1 aromatic heterocycles. The van der Waals surface area contributed by atoms with Crippen LogP contribution in [0.1, 0.15) is 33.0 Å². The molecule has 0 spiro atoms.